The average molecular weight is 331 g/mol. The average Bonchev–Trinajstić information content (AvgIpc) is 3.00. The zero-order valence-electron chi connectivity index (χ0n) is 13.1. The lowest BCUT2D eigenvalue weighted by Gasteiger charge is -2.13. The van der Waals surface area contributed by atoms with Gasteiger partial charge in [0.1, 0.15) is 5.65 Å². The Bertz CT molecular complexity index is 962. The number of hydrogen-bond acceptors (Lipinski definition) is 4. The van der Waals surface area contributed by atoms with Crippen LogP contribution in [-0.2, 0) is 10.0 Å². The third-order valence-corrected chi connectivity index (χ3v) is 5.43. The van der Waals surface area contributed by atoms with Crippen LogP contribution in [0.1, 0.15) is 0 Å². The second-order valence-electron chi connectivity index (χ2n) is 5.28. The van der Waals surface area contributed by atoms with Crippen molar-refractivity contribution in [3.8, 4) is 17.0 Å². The Hall–Kier alpha value is -2.38. The van der Waals surface area contributed by atoms with Crippen molar-refractivity contribution < 1.29 is 13.2 Å². The Morgan fingerprint density at radius 3 is 2.65 bits per heavy atom. The molecule has 0 atom stereocenters. The quantitative estimate of drug-likeness (QED) is 0.797. The van der Waals surface area contributed by atoms with Crippen LogP contribution in [-0.4, -0.2) is 43.9 Å². The Morgan fingerprint density at radius 2 is 1.96 bits per heavy atom. The fourth-order valence-corrected chi connectivity index (χ4v) is 3.31. The summed E-state index contributed by atoms with van der Waals surface area (Å²) in [5.74, 6) is 0.444. The second kappa shape index (κ2) is 5.68. The van der Waals surface area contributed by atoms with Crippen LogP contribution in [0.5, 0.6) is 5.88 Å². The number of methoxy groups -OCH3 is 1. The number of rotatable bonds is 4. The number of H-pyrrole nitrogens is 1. The molecule has 1 aromatic carbocycles. The van der Waals surface area contributed by atoms with E-state index in [1.165, 1.54) is 18.4 Å². The molecule has 0 aliphatic carbocycles. The molecule has 2 heterocycles. The number of aromatic amines is 1. The summed E-state index contributed by atoms with van der Waals surface area (Å²) in [6.07, 6.45) is 1.80. The standard InChI is InChI=1S/C16H17N3O3S/c1-19(2)23(20,21)13-6-4-5-11(9-13)14-10-12-7-8-17-15(12)18-16(14)22-3/h4-10H,1-3H3,(H,17,18). The molecule has 0 saturated carbocycles. The molecule has 0 unspecified atom stereocenters. The fraction of sp³-hybridized carbons (Fsp3) is 0.188. The van der Waals surface area contributed by atoms with Gasteiger partial charge < -0.3 is 9.72 Å². The topological polar surface area (TPSA) is 75.3 Å². The number of nitrogens with one attached hydrogen (secondary N) is 1. The van der Waals surface area contributed by atoms with Crippen molar-refractivity contribution >= 4 is 21.1 Å². The Labute approximate surface area is 134 Å². The highest BCUT2D eigenvalue weighted by molar-refractivity contribution is 7.89. The van der Waals surface area contributed by atoms with Gasteiger partial charge >= 0.3 is 0 Å². The molecule has 120 valence electrons. The molecular formula is C16H17N3O3S. The highest BCUT2D eigenvalue weighted by Crippen LogP contribution is 2.32. The zero-order chi connectivity index (χ0) is 16.6. The molecule has 0 bridgehead atoms. The Morgan fingerprint density at radius 1 is 1.17 bits per heavy atom. The third kappa shape index (κ3) is 2.69. The van der Waals surface area contributed by atoms with Gasteiger partial charge in [-0.15, -0.1) is 0 Å². The minimum Gasteiger partial charge on any atom is -0.480 e. The van der Waals surface area contributed by atoms with Gasteiger partial charge in [0.25, 0.3) is 0 Å². The molecule has 0 saturated heterocycles. The van der Waals surface area contributed by atoms with Crippen molar-refractivity contribution in [2.75, 3.05) is 21.2 Å². The Balaban J connectivity index is 2.19. The van der Waals surface area contributed by atoms with Crippen LogP contribution in [0, 0.1) is 0 Å². The summed E-state index contributed by atoms with van der Waals surface area (Å²) in [7, 11) is 1.07. The maximum atomic E-state index is 12.3. The van der Waals surface area contributed by atoms with Crippen LogP contribution >= 0.6 is 0 Å². The van der Waals surface area contributed by atoms with E-state index in [2.05, 4.69) is 9.97 Å². The van der Waals surface area contributed by atoms with Crippen molar-refractivity contribution in [1.82, 2.24) is 14.3 Å². The van der Waals surface area contributed by atoms with E-state index in [-0.39, 0.29) is 4.90 Å². The van der Waals surface area contributed by atoms with Gasteiger partial charge in [0.05, 0.1) is 12.0 Å². The second-order valence-corrected chi connectivity index (χ2v) is 7.43. The van der Waals surface area contributed by atoms with E-state index < -0.39 is 10.0 Å². The van der Waals surface area contributed by atoms with E-state index in [1.54, 1.807) is 31.5 Å². The van der Waals surface area contributed by atoms with E-state index in [0.717, 1.165) is 22.2 Å². The van der Waals surface area contributed by atoms with Gasteiger partial charge in [-0.05, 0) is 29.8 Å². The highest BCUT2D eigenvalue weighted by atomic mass is 32.2. The van der Waals surface area contributed by atoms with Crippen LogP contribution < -0.4 is 4.74 Å². The number of sulfonamides is 1. The van der Waals surface area contributed by atoms with E-state index in [1.807, 2.05) is 18.2 Å². The summed E-state index contributed by atoms with van der Waals surface area (Å²) >= 11 is 0. The Kier molecular flexibility index (Phi) is 3.83. The third-order valence-electron chi connectivity index (χ3n) is 3.62. The van der Waals surface area contributed by atoms with Crippen LogP contribution in [0.2, 0.25) is 0 Å². The summed E-state index contributed by atoms with van der Waals surface area (Å²) in [6, 6.07) is 10.6. The first kappa shape index (κ1) is 15.5. The van der Waals surface area contributed by atoms with E-state index in [4.69, 9.17) is 4.74 Å². The molecule has 0 aliphatic rings. The number of aromatic nitrogens is 2. The summed E-state index contributed by atoms with van der Waals surface area (Å²) < 4.78 is 31.2. The molecule has 6 nitrogen and oxygen atoms in total. The fourth-order valence-electron chi connectivity index (χ4n) is 2.36. The summed E-state index contributed by atoms with van der Waals surface area (Å²) in [5.41, 5.74) is 2.21. The molecule has 1 N–H and O–H groups in total. The lowest BCUT2D eigenvalue weighted by Crippen LogP contribution is -2.22. The molecule has 3 rings (SSSR count). The van der Waals surface area contributed by atoms with E-state index >= 15 is 0 Å². The summed E-state index contributed by atoms with van der Waals surface area (Å²) in [6.45, 7) is 0. The molecule has 0 radical (unpaired) electrons. The van der Waals surface area contributed by atoms with Crippen LogP contribution in [0.25, 0.3) is 22.2 Å². The van der Waals surface area contributed by atoms with Gasteiger partial charge in [-0.1, -0.05) is 12.1 Å². The molecule has 7 heteroatoms. The number of hydrogen-bond donors (Lipinski definition) is 1. The number of fused-ring (bicyclic) bond motifs is 1. The minimum atomic E-state index is -3.49. The first-order valence-electron chi connectivity index (χ1n) is 6.98. The zero-order valence-corrected chi connectivity index (χ0v) is 13.9. The van der Waals surface area contributed by atoms with Crippen molar-refractivity contribution in [1.29, 1.82) is 0 Å². The predicted octanol–water partition coefficient (Wildman–Crippen LogP) is 2.49. The van der Waals surface area contributed by atoms with Crippen LogP contribution in [0.15, 0.2) is 47.5 Å². The SMILES string of the molecule is COc1nc2[nH]ccc2cc1-c1cccc(S(=O)(=O)N(C)C)c1. The number of benzene rings is 1. The number of ether oxygens (including phenoxy) is 1. The highest BCUT2D eigenvalue weighted by Gasteiger charge is 2.19. The first-order valence-corrected chi connectivity index (χ1v) is 8.42. The summed E-state index contributed by atoms with van der Waals surface area (Å²) in [4.78, 5) is 7.68. The summed E-state index contributed by atoms with van der Waals surface area (Å²) in [5, 5.41) is 0.932. The van der Waals surface area contributed by atoms with Crippen molar-refractivity contribution in [3.05, 3.63) is 42.6 Å². The van der Waals surface area contributed by atoms with Gasteiger partial charge in [-0.2, -0.15) is 4.98 Å². The monoisotopic (exact) mass is 331 g/mol. The smallest absolute Gasteiger partial charge is 0.242 e. The lowest BCUT2D eigenvalue weighted by molar-refractivity contribution is 0.401. The minimum absolute atomic E-state index is 0.233. The van der Waals surface area contributed by atoms with Crippen molar-refractivity contribution in [2.24, 2.45) is 0 Å². The molecule has 0 fully saturated rings. The van der Waals surface area contributed by atoms with Crippen LogP contribution in [0.3, 0.4) is 0 Å². The van der Waals surface area contributed by atoms with E-state index in [0.29, 0.717) is 5.88 Å². The van der Waals surface area contributed by atoms with E-state index in [9.17, 15) is 8.42 Å². The normalized spacial score (nSPS) is 12.0. The first-order chi connectivity index (χ1) is 10.9. The molecule has 2 aromatic heterocycles. The predicted molar refractivity (Wildman–Crippen MR) is 89.0 cm³/mol. The van der Waals surface area contributed by atoms with Crippen molar-refractivity contribution in [2.45, 2.75) is 4.90 Å². The molecule has 23 heavy (non-hydrogen) atoms. The van der Waals surface area contributed by atoms with Gasteiger partial charge in [-0.3, -0.25) is 0 Å². The van der Waals surface area contributed by atoms with Gasteiger partial charge in [0.2, 0.25) is 15.9 Å². The lowest BCUT2D eigenvalue weighted by atomic mass is 10.1. The molecule has 0 aliphatic heterocycles. The van der Waals surface area contributed by atoms with Crippen LogP contribution in [0.4, 0.5) is 0 Å². The molecular weight excluding hydrogens is 314 g/mol. The number of pyridine rings is 1. The molecule has 0 amide bonds. The van der Waals surface area contributed by atoms with Gasteiger partial charge in [-0.25, -0.2) is 12.7 Å². The molecule has 3 aromatic rings. The largest absolute Gasteiger partial charge is 0.480 e. The van der Waals surface area contributed by atoms with Gasteiger partial charge in [0, 0.05) is 31.2 Å². The maximum Gasteiger partial charge on any atom is 0.242 e. The van der Waals surface area contributed by atoms with Gasteiger partial charge in [0.15, 0.2) is 0 Å². The van der Waals surface area contributed by atoms with Crippen molar-refractivity contribution in [3.63, 3.8) is 0 Å². The number of nitrogens with zero attached hydrogens (tertiary/aromatic N) is 2. The maximum absolute atomic E-state index is 12.3. The molecule has 0 spiro atoms.